The molecule has 82 valence electrons. The maximum atomic E-state index is 11.6. The van der Waals surface area contributed by atoms with Gasteiger partial charge in [-0.15, -0.1) is 0 Å². The van der Waals surface area contributed by atoms with Crippen molar-refractivity contribution in [3.05, 3.63) is 28.8 Å². The molecule has 0 saturated carbocycles. The summed E-state index contributed by atoms with van der Waals surface area (Å²) in [6.07, 6.45) is 1.06. The number of benzene rings is 1. The Labute approximate surface area is 99.2 Å². The first-order chi connectivity index (χ1) is 7.63. The topological polar surface area (TPSA) is 44.1 Å². The fraction of sp³-hybridized carbons (Fsp3) is 0.333. The number of anilines is 1. The number of carbonyl (C=O) groups excluding carboxylic acids is 1. The summed E-state index contributed by atoms with van der Waals surface area (Å²) < 4.78 is 0. The number of nitriles is 1. The van der Waals surface area contributed by atoms with E-state index in [9.17, 15) is 4.79 Å². The molecule has 0 unspecified atom stereocenters. The van der Waals surface area contributed by atoms with Gasteiger partial charge in [-0.05, 0) is 30.2 Å². The van der Waals surface area contributed by atoms with Gasteiger partial charge < -0.3 is 4.90 Å². The average molecular weight is 235 g/mol. The lowest BCUT2D eigenvalue weighted by molar-refractivity contribution is -0.116. The molecule has 1 atom stereocenters. The summed E-state index contributed by atoms with van der Waals surface area (Å²) in [5.74, 6) is -0.0266. The SMILES string of the molecule is CC(=O)N1c2ccc(Cl)cc2C[C@@H]1CC#N. The van der Waals surface area contributed by atoms with E-state index in [1.165, 1.54) is 6.92 Å². The molecule has 0 saturated heterocycles. The number of rotatable bonds is 1. The first kappa shape index (κ1) is 11.0. The summed E-state index contributed by atoms with van der Waals surface area (Å²) in [6, 6.07) is 7.55. The summed E-state index contributed by atoms with van der Waals surface area (Å²) in [6.45, 7) is 1.52. The summed E-state index contributed by atoms with van der Waals surface area (Å²) in [4.78, 5) is 13.3. The molecule has 0 bridgehead atoms. The minimum Gasteiger partial charge on any atom is -0.308 e. The van der Waals surface area contributed by atoms with Gasteiger partial charge in [0.25, 0.3) is 0 Å². The van der Waals surface area contributed by atoms with Gasteiger partial charge in [-0.3, -0.25) is 4.79 Å². The highest BCUT2D eigenvalue weighted by Crippen LogP contribution is 2.35. The second-order valence-corrected chi connectivity index (χ2v) is 4.32. The Morgan fingerprint density at radius 3 is 3.06 bits per heavy atom. The second-order valence-electron chi connectivity index (χ2n) is 3.88. The highest BCUT2D eigenvalue weighted by atomic mass is 35.5. The fourth-order valence-corrected chi connectivity index (χ4v) is 2.38. The zero-order valence-corrected chi connectivity index (χ0v) is 9.66. The minimum absolute atomic E-state index is 0.0266. The Hall–Kier alpha value is -1.53. The van der Waals surface area contributed by atoms with E-state index in [2.05, 4.69) is 6.07 Å². The molecule has 16 heavy (non-hydrogen) atoms. The molecule has 0 fully saturated rings. The normalized spacial score (nSPS) is 18.1. The molecule has 1 aromatic carbocycles. The number of amides is 1. The van der Waals surface area contributed by atoms with Crippen LogP contribution in [0.3, 0.4) is 0 Å². The van der Waals surface area contributed by atoms with E-state index in [-0.39, 0.29) is 11.9 Å². The lowest BCUT2D eigenvalue weighted by atomic mass is 10.1. The van der Waals surface area contributed by atoms with E-state index in [1.54, 1.807) is 11.0 Å². The molecule has 4 heteroatoms. The highest BCUT2D eigenvalue weighted by Gasteiger charge is 2.31. The van der Waals surface area contributed by atoms with E-state index in [1.807, 2.05) is 12.1 Å². The Balaban J connectivity index is 2.41. The first-order valence-corrected chi connectivity index (χ1v) is 5.46. The number of fused-ring (bicyclic) bond motifs is 1. The molecular weight excluding hydrogens is 224 g/mol. The Kier molecular flexibility index (Phi) is 2.84. The molecule has 3 nitrogen and oxygen atoms in total. The third kappa shape index (κ3) is 1.77. The zero-order chi connectivity index (χ0) is 11.7. The van der Waals surface area contributed by atoms with Crippen LogP contribution in [0.1, 0.15) is 18.9 Å². The lowest BCUT2D eigenvalue weighted by Crippen LogP contribution is -2.35. The number of carbonyl (C=O) groups is 1. The van der Waals surface area contributed by atoms with Crippen LogP contribution in [0, 0.1) is 11.3 Å². The molecular formula is C12H11ClN2O. The van der Waals surface area contributed by atoms with Crippen molar-refractivity contribution in [1.82, 2.24) is 0 Å². The fourth-order valence-electron chi connectivity index (χ4n) is 2.19. The molecule has 0 aliphatic carbocycles. The van der Waals surface area contributed by atoms with Crippen molar-refractivity contribution in [3.63, 3.8) is 0 Å². The van der Waals surface area contributed by atoms with Gasteiger partial charge in [0.05, 0.1) is 18.5 Å². The third-order valence-corrected chi connectivity index (χ3v) is 3.02. The molecule has 1 aliphatic heterocycles. The first-order valence-electron chi connectivity index (χ1n) is 5.08. The molecule has 1 heterocycles. The van der Waals surface area contributed by atoms with Gasteiger partial charge in [-0.25, -0.2) is 0 Å². The molecule has 1 aliphatic rings. The van der Waals surface area contributed by atoms with Crippen LogP contribution in [-0.2, 0) is 11.2 Å². The van der Waals surface area contributed by atoms with Crippen LogP contribution in [0.4, 0.5) is 5.69 Å². The van der Waals surface area contributed by atoms with Gasteiger partial charge in [0.2, 0.25) is 5.91 Å². The Morgan fingerprint density at radius 1 is 1.69 bits per heavy atom. The molecule has 0 radical (unpaired) electrons. The molecule has 2 rings (SSSR count). The van der Waals surface area contributed by atoms with Crippen molar-refractivity contribution in [3.8, 4) is 6.07 Å². The molecule has 0 aromatic heterocycles. The van der Waals surface area contributed by atoms with Crippen molar-refractivity contribution in [1.29, 1.82) is 5.26 Å². The number of hydrogen-bond acceptors (Lipinski definition) is 2. The monoisotopic (exact) mass is 234 g/mol. The number of nitrogens with zero attached hydrogens (tertiary/aromatic N) is 2. The molecule has 1 amide bonds. The predicted molar refractivity (Wildman–Crippen MR) is 62.3 cm³/mol. The smallest absolute Gasteiger partial charge is 0.224 e. The molecule has 0 spiro atoms. The largest absolute Gasteiger partial charge is 0.308 e. The summed E-state index contributed by atoms with van der Waals surface area (Å²) in [5.41, 5.74) is 1.93. The average Bonchev–Trinajstić information content (AvgIpc) is 2.55. The lowest BCUT2D eigenvalue weighted by Gasteiger charge is -2.21. The van der Waals surface area contributed by atoms with E-state index in [4.69, 9.17) is 16.9 Å². The quantitative estimate of drug-likeness (QED) is 0.750. The van der Waals surface area contributed by atoms with Crippen LogP contribution in [0.5, 0.6) is 0 Å². The van der Waals surface area contributed by atoms with Crippen LogP contribution in [-0.4, -0.2) is 11.9 Å². The van der Waals surface area contributed by atoms with Crippen LogP contribution < -0.4 is 4.90 Å². The van der Waals surface area contributed by atoms with E-state index >= 15 is 0 Å². The standard InChI is InChI=1S/C12H11ClN2O/c1-8(16)15-11(4-5-14)7-9-6-10(13)2-3-12(9)15/h2-3,6,11H,4,7H2,1H3/t11-/m0/s1. The maximum Gasteiger partial charge on any atom is 0.224 e. The number of halogens is 1. The summed E-state index contributed by atoms with van der Waals surface area (Å²) in [5, 5.41) is 9.41. The van der Waals surface area contributed by atoms with Gasteiger partial charge >= 0.3 is 0 Å². The van der Waals surface area contributed by atoms with Crippen LogP contribution in [0.15, 0.2) is 18.2 Å². The van der Waals surface area contributed by atoms with Gasteiger partial charge in [0, 0.05) is 17.6 Å². The van der Waals surface area contributed by atoms with E-state index < -0.39 is 0 Å². The minimum atomic E-state index is -0.0454. The van der Waals surface area contributed by atoms with Crippen molar-refractivity contribution in [2.24, 2.45) is 0 Å². The van der Waals surface area contributed by atoms with Crippen molar-refractivity contribution in [2.45, 2.75) is 25.8 Å². The molecule has 0 N–H and O–H groups in total. The van der Waals surface area contributed by atoms with E-state index in [0.717, 1.165) is 11.3 Å². The van der Waals surface area contributed by atoms with Crippen LogP contribution in [0.25, 0.3) is 0 Å². The summed E-state index contributed by atoms with van der Waals surface area (Å²) in [7, 11) is 0. The van der Waals surface area contributed by atoms with Gasteiger partial charge in [-0.2, -0.15) is 5.26 Å². The van der Waals surface area contributed by atoms with Crippen LogP contribution >= 0.6 is 11.6 Å². The van der Waals surface area contributed by atoms with Crippen molar-refractivity contribution >= 4 is 23.2 Å². The van der Waals surface area contributed by atoms with E-state index in [0.29, 0.717) is 17.9 Å². The van der Waals surface area contributed by atoms with Gasteiger partial charge in [-0.1, -0.05) is 11.6 Å². The van der Waals surface area contributed by atoms with Crippen molar-refractivity contribution < 1.29 is 4.79 Å². The maximum absolute atomic E-state index is 11.6. The summed E-state index contributed by atoms with van der Waals surface area (Å²) >= 11 is 5.91. The molecule has 1 aromatic rings. The van der Waals surface area contributed by atoms with Crippen LogP contribution in [0.2, 0.25) is 5.02 Å². The number of hydrogen-bond donors (Lipinski definition) is 0. The second kappa shape index (κ2) is 4.15. The zero-order valence-electron chi connectivity index (χ0n) is 8.90. The van der Waals surface area contributed by atoms with Gasteiger partial charge in [0.1, 0.15) is 0 Å². The Morgan fingerprint density at radius 2 is 2.44 bits per heavy atom. The predicted octanol–water partition coefficient (Wildman–Crippen LogP) is 2.53. The highest BCUT2D eigenvalue weighted by molar-refractivity contribution is 6.30. The van der Waals surface area contributed by atoms with Crippen molar-refractivity contribution in [2.75, 3.05) is 4.90 Å². The van der Waals surface area contributed by atoms with Gasteiger partial charge in [0.15, 0.2) is 0 Å². The Bertz CT molecular complexity index is 478. The third-order valence-electron chi connectivity index (χ3n) is 2.79.